The number of hydroxylamine groups is 4. The summed E-state index contributed by atoms with van der Waals surface area (Å²) in [6, 6.07) is 0. The van der Waals surface area contributed by atoms with Gasteiger partial charge >= 0.3 is 0 Å². The summed E-state index contributed by atoms with van der Waals surface area (Å²) in [5.74, 6) is -0.649. The third kappa shape index (κ3) is 9.12. The van der Waals surface area contributed by atoms with Crippen LogP contribution < -0.4 is 16.8 Å². The van der Waals surface area contributed by atoms with E-state index >= 15 is 0 Å². The largest absolute Gasteiger partial charge is 0.754 e. The van der Waals surface area contributed by atoms with Gasteiger partial charge in [-0.3, -0.25) is 9.59 Å². The number of nitroso groups, excluding NO2 is 2. The number of carbonyl (C=O) groups excluding carboxylic acids is 2. The SMILES string of the molecule is CCc1c(C[NH3+])c(CC)c(CNC(=O)CCC(=O)N(CC2=C[N+](=O)C(=C3C=CC=CN3[O-])C=C2)CC2=C[N+](=O)C(=C3C=CC=CN3[O-])C=C2)c(CC)c1C[NH3+]. The number of quaternary nitrogens is 2. The summed E-state index contributed by atoms with van der Waals surface area (Å²) in [5, 5.41) is 28.9. The van der Waals surface area contributed by atoms with E-state index in [0.29, 0.717) is 50.4 Å². The van der Waals surface area contributed by atoms with Crippen molar-refractivity contribution in [1.82, 2.24) is 20.3 Å². The molecule has 0 spiro atoms. The maximum Gasteiger partial charge on any atom is 0.285 e. The molecule has 0 unspecified atom stereocenters. The molecule has 0 aliphatic carbocycles. The summed E-state index contributed by atoms with van der Waals surface area (Å²) in [5.41, 5.74) is 17.3. The second-order valence-corrected chi connectivity index (χ2v) is 13.3. The molecule has 0 saturated heterocycles. The first-order valence-electron chi connectivity index (χ1n) is 18.7. The molecule has 7 N–H and O–H groups in total. The maximum absolute atomic E-state index is 13.9. The number of benzene rings is 1. The van der Waals surface area contributed by atoms with E-state index < -0.39 is 0 Å². The number of amides is 2. The fourth-order valence-corrected chi connectivity index (χ4v) is 7.40. The first-order valence-corrected chi connectivity index (χ1v) is 18.7. The van der Waals surface area contributed by atoms with Gasteiger partial charge in [-0.15, -0.1) is 0 Å². The van der Waals surface area contributed by atoms with Gasteiger partial charge < -0.3 is 42.2 Å². The van der Waals surface area contributed by atoms with Crippen molar-refractivity contribution >= 4 is 11.8 Å². The average Bonchev–Trinajstić information content (AvgIpc) is 3.18. The Hall–Kier alpha value is -5.80. The Morgan fingerprint density at radius 3 is 1.51 bits per heavy atom. The smallest absolute Gasteiger partial charge is 0.285 e. The maximum atomic E-state index is 13.9. The molecule has 4 heterocycles. The van der Waals surface area contributed by atoms with E-state index in [9.17, 15) is 29.8 Å². The van der Waals surface area contributed by atoms with Gasteiger partial charge in [0.1, 0.15) is 24.5 Å². The van der Waals surface area contributed by atoms with Crippen LogP contribution in [0.25, 0.3) is 0 Å². The fraction of sp³-hybridized carbons (Fsp3) is 0.317. The van der Waals surface area contributed by atoms with E-state index in [1.54, 1.807) is 36.5 Å². The zero-order valence-corrected chi connectivity index (χ0v) is 31.8. The number of allylic oxidation sites excluding steroid dienone is 8. The van der Waals surface area contributed by atoms with Gasteiger partial charge in [-0.1, -0.05) is 32.9 Å². The topological polar surface area (TPSA) is 197 Å². The molecule has 0 radical (unpaired) electrons. The Morgan fingerprint density at radius 2 is 1.11 bits per heavy atom. The number of nitrogens with one attached hydrogen (secondary N) is 1. The minimum Gasteiger partial charge on any atom is -0.754 e. The molecule has 1 aromatic rings. The van der Waals surface area contributed by atoms with Crippen molar-refractivity contribution in [1.29, 1.82) is 0 Å². The standard InChI is InChI=1S/C41H48N8O6/c1-4-30-33(21-42)31(5-2)35(32(6-3)34(30)22-43)23-44-40(50)17-18-41(51)45(24-28-13-15-38(48(54)26-28)36-11-7-9-19-46(36)52)25-29-14-16-39(49(55)27-29)37-12-8-10-20-47(37)53/h7-16,19-20,26-27H,4-6,17-18,21-25,42-43H2,1-3H3,(H,44,50)/p+2. The van der Waals surface area contributed by atoms with Gasteiger partial charge in [0.15, 0.2) is 0 Å². The highest BCUT2D eigenvalue weighted by atomic mass is 16.5. The van der Waals surface area contributed by atoms with Crippen molar-refractivity contribution in [2.45, 2.75) is 72.5 Å². The third-order valence-electron chi connectivity index (χ3n) is 10.00. The lowest BCUT2D eigenvalue weighted by atomic mass is 9.83. The molecule has 0 atom stereocenters. The number of hydrogen-bond donors (Lipinski definition) is 3. The Balaban J connectivity index is 1.33. The second-order valence-electron chi connectivity index (χ2n) is 13.3. The van der Waals surface area contributed by atoms with Crippen LogP contribution in [0.15, 0.2) is 119 Å². The Bertz CT molecular complexity index is 1940. The number of nitrogens with zero attached hydrogens (tertiary/aromatic N) is 5. The summed E-state index contributed by atoms with van der Waals surface area (Å²) in [4.78, 5) is 54.9. The van der Waals surface area contributed by atoms with Crippen molar-refractivity contribution in [3.05, 3.63) is 173 Å². The minimum absolute atomic E-state index is 0.0137. The summed E-state index contributed by atoms with van der Waals surface area (Å²) in [7, 11) is 0. The van der Waals surface area contributed by atoms with Gasteiger partial charge in [0.25, 0.3) is 11.4 Å². The Labute approximate surface area is 320 Å². The van der Waals surface area contributed by atoms with Gasteiger partial charge in [0, 0.05) is 63.6 Å². The molecule has 288 valence electrons. The second kappa shape index (κ2) is 18.5. The van der Waals surface area contributed by atoms with E-state index in [1.165, 1.54) is 81.8 Å². The lowest BCUT2D eigenvalue weighted by Crippen LogP contribution is -2.50. The summed E-state index contributed by atoms with van der Waals surface area (Å²) >= 11 is 0. The van der Waals surface area contributed by atoms with Crippen molar-refractivity contribution in [2.24, 2.45) is 0 Å². The van der Waals surface area contributed by atoms with Crippen LogP contribution in [0, 0.1) is 20.2 Å². The molecule has 4 aliphatic heterocycles. The molecule has 14 nitrogen and oxygen atoms in total. The quantitative estimate of drug-likeness (QED) is 0.239. The molecule has 0 bridgehead atoms. The summed E-state index contributed by atoms with van der Waals surface area (Å²) in [6.45, 7) is 7.97. The van der Waals surface area contributed by atoms with E-state index in [0.717, 1.165) is 24.8 Å². The monoisotopic (exact) mass is 750 g/mol. The summed E-state index contributed by atoms with van der Waals surface area (Å²) < 4.78 is 1.16. The molecule has 55 heavy (non-hydrogen) atoms. The molecule has 14 heteroatoms. The van der Waals surface area contributed by atoms with Crippen LogP contribution in [0.1, 0.15) is 67.0 Å². The first-order chi connectivity index (χ1) is 26.5. The van der Waals surface area contributed by atoms with Gasteiger partial charge in [-0.05, 0) is 90.4 Å². The van der Waals surface area contributed by atoms with Crippen LogP contribution in [0.4, 0.5) is 0 Å². The zero-order valence-electron chi connectivity index (χ0n) is 31.8. The number of carbonyl (C=O) groups is 2. The van der Waals surface area contributed by atoms with E-state index in [-0.39, 0.29) is 60.5 Å². The fourth-order valence-electron chi connectivity index (χ4n) is 7.40. The highest BCUT2D eigenvalue weighted by Crippen LogP contribution is 2.30. The Kier molecular flexibility index (Phi) is 13.6. The highest BCUT2D eigenvalue weighted by Gasteiger charge is 2.29. The third-order valence-corrected chi connectivity index (χ3v) is 10.00. The van der Waals surface area contributed by atoms with Crippen molar-refractivity contribution in [3.63, 3.8) is 0 Å². The molecule has 4 aliphatic rings. The molecule has 0 fully saturated rings. The lowest BCUT2D eigenvalue weighted by Gasteiger charge is -2.28. The van der Waals surface area contributed by atoms with Crippen LogP contribution in [0.2, 0.25) is 0 Å². The van der Waals surface area contributed by atoms with Gasteiger partial charge in [-0.2, -0.15) is 0 Å². The number of hydrogen-bond acceptors (Lipinski definition) is 8. The normalized spacial score (nSPS) is 19.0. The van der Waals surface area contributed by atoms with E-state index in [1.807, 2.05) is 0 Å². The molecule has 5 rings (SSSR count). The van der Waals surface area contributed by atoms with Crippen molar-refractivity contribution < 1.29 is 30.6 Å². The summed E-state index contributed by atoms with van der Waals surface area (Å²) in [6.07, 6.45) is 23.4. The average molecular weight is 751 g/mol. The molecule has 0 saturated carbocycles. The van der Waals surface area contributed by atoms with Gasteiger partial charge in [0.05, 0.1) is 22.6 Å². The van der Waals surface area contributed by atoms with Crippen molar-refractivity contribution in [2.75, 3.05) is 13.1 Å². The molecule has 2 amide bonds. The Morgan fingerprint density at radius 1 is 0.655 bits per heavy atom. The van der Waals surface area contributed by atoms with Crippen LogP contribution in [0.3, 0.4) is 0 Å². The van der Waals surface area contributed by atoms with E-state index in [4.69, 9.17) is 0 Å². The molecule has 1 aromatic carbocycles. The predicted molar refractivity (Wildman–Crippen MR) is 208 cm³/mol. The van der Waals surface area contributed by atoms with Crippen molar-refractivity contribution in [3.8, 4) is 0 Å². The predicted octanol–water partition coefficient (Wildman–Crippen LogP) is 3.74. The van der Waals surface area contributed by atoms with Crippen LogP contribution in [0.5, 0.6) is 0 Å². The van der Waals surface area contributed by atoms with Crippen LogP contribution in [-0.4, -0.2) is 49.5 Å². The van der Waals surface area contributed by atoms with Gasteiger partial charge in [-0.25, -0.2) is 0 Å². The van der Waals surface area contributed by atoms with E-state index in [2.05, 4.69) is 37.6 Å². The van der Waals surface area contributed by atoms with Gasteiger partial charge in [0.2, 0.25) is 24.2 Å². The minimum atomic E-state index is -0.367. The van der Waals surface area contributed by atoms with Crippen LogP contribution >= 0.6 is 0 Å². The lowest BCUT2D eigenvalue weighted by molar-refractivity contribution is -0.422. The number of rotatable bonds is 14. The van der Waals surface area contributed by atoms with Crippen LogP contribution in [-0.2, 0) is 48.5 Å². The first kappa shape index (κ1) is 40.4. The highest BCUT2D eigenvalue weighted by molar-refractivity contribution is 5.84. The zero-order chi connectivity index (χ0) is 39.6. The molecule has 0 aromatic heterocycles. The molecular weight excluding hydrogens is 701 g/mol. The molecular formula is C41H50N8O6+2.